The van der Waals surface area contributed by atoms with Crippen LogP contribution in [0.25, 0.3) is 11.4 Å². The van der Waals surface area contributed by atoms with E-state index in [1.165, 1.54) is 0 Å². The van der Waals surface area contributed by atoms with E-state index in [1.807, 2.05) is 24.3 Å². The van der Waals surface area contributed by atoms with E-state index >= 15 is 0 Å². The van der Waals surface area contributed by atoms with Crippen LogP contribution in [0.4, 0.5) is 5.69 Å². The lowest BCUT2D eigenvalue weighted by Crippen LogP contribution is -2.40. The summed E-state index contributed by atoms with van der Waals surface area (Å²) in [7, 11) is 0. The van der Waals surface area contributed by atoms with Gasteiger partial charge in [0.05, 0.1) is 23.7 Å². The topological polar surface area (TPSA) is 100 Å². The molecule has 176 valence electrons. The van der Waals surface area contributed by atoms with E-state index in [0.29, 0.717) is 42.6 Å². The number of hydrogen-bond acceptors (Lipinski definition) is 6. The summed E-state index contributed by atoms with van der Waals surface area (Å²) in [5, 5.41) is 9.78. The van der Waals surface area contributed by atoms with Crippen molar-refractivity contribution < 1.29 is 14.1 Å². The van der Waals surface area contributed by atoms with Crippen LogP contribution in [0.5, 0.6) is 0 Å². The molecule has 4 rings (SSSR count). The normalized spacial score (nSPS) is 16.1. The molecule has 8 nitrogen and oxygen atoms in total. The molecule has 34 heavy (non-hydrogen) atoms. The third-order valence-electron chi connectivity index (χ3n) is 5.64. The maximum absolute atomic E-state index is 13.0. The van der Waals surface area contributed by atoms with Gasteiger partial charge in [-0.25, -0.2) is 0 Å². The number of para-hydroxylation sites is 1. The van der Waals surface area contributed by atoms with Crippen LogP contribution in [0.1, 0.15) is 29.1 Å². The lowest BCUT2D eigenvalue weighted by atomic mass is 9.96. The fraction of sp³-hybridized carbons (Fsp3) is 0.280. The Morgan fingerprint density at radius 1 is 1.21 bits per heavy atom. The Morgan fingerprint density at radius 2 is 2.00 bits per heavy atom. The molecule has 1 unspecified atom stereocenters. The molecule has 1 aliphatic rings. The van der Waals surface area contributed by atoms with Gasteiger partial charge in [-0.3, -0.25) is 14.5 Å². The van der Waals surface area contributed by atoms with Crippen LogP contribution in [0.3, 0.4) is 0 Å². The van der Waals surface area contributed by atoms with Gasteiger partial charge in [0.2, 0.25) is 17.6 Å². The number of anilines is 1. The highest BCUT2D eigenvalue weighted by Crippen LogP contribution is 2.23. The van der Waals surface area contributed by atoms with Gasteiger partial charge >= 0.3 is 0 Å². The number of halogens is 1. The summed E-state index contributed by atoms with van der Waals surface area (Å²) in [6.45, 7) is 5.87. The van der Waals surface area contributed by atoms with Gasteiger partial charge in [0.1, 0.15) is 0 Å². The lowest BCUT2D eigenvalue weighted by Gasteiger charge is -2.31. The Hall–Kier alpha value is -3.30. The third kappa shape index (κ3) is 5.98. The molecule has 1 aliphatic heterocycles. The second-order valence-electron chi connectivity index (χ2n) is 8.13. The van der Waals surface area contributed by atoms with Gasteiger partial charge in [-0.1, -0.05) is 39.3 Å². The number of likely N-dealkylation sites (tertiary alicyclic amines) is 1. The van der Waals surface area contributed by atoms with Gasteiger partial charge in [-0.15, -0.1) is 6.58 Å². The van der Waals surface area contributed by atoms with E-state index in [1.54, 1.807) is 30.3 Å². The van der Waals surface area contributed by atoms with Gasteiger partial charge in [0.15, 0.2) is 0 Å². The van der Waals surface area contributed by atoms with E-state index < -0.39 is 0 Å². The number of nitrogens with one attached hydrogen (secondary N) is 2. The molecule has 2 heterocycles. The third-order valence-corrected chi connectivity index (χ3v) is 6.17. The van der Waals surface area contributed by atoms with Gasteiger partial charge in [-0.2, -0.15) is 4.98 Å². The zero-order valence-electron chi connectivity index (χ0n) is 18.7. The molecule has 1 aromatic heterocycles. The number of hydrogen-bond donors (Lipinski definition) is 2. The largest absolute Gasteiger partial charge is 0.349 e. The van der Waals surface area contributed by atoms with Crippen molar-refractivity contribution in [1.82, 2.24) is 20.4 Å². The van der Waals surface area contributed by atoms with Crippen LogP contribution in [-0.2, 0) is 11.3 Å². The number of nitrogens with zero attached hydrogens (tertiary/aromatic N) is 3. The van der Waals surface area contributed by atoms with Crippen LogP contribution < -0.4 is 10.6 Å². The molecule has 1 fully saturated rings. The zero-order valence-corrected chi connectivity index (χ0v) is 20.3. The van der Waals surface area contributed by atoms with Crippen molar-refractivity contribution in [2.75, 3.05) is 25.0 Å². The molecular weight excluding hydrogens is 498 g/mol. The van der Waals surface area contributed by atoms with Crippen LogP contribution in [-0.4, -0.2) is 46.5 Å². The summed E-state index contributed by atoms with van der Waals surface area (Å²) in [4.78, 5) is 32.1. The second kappa shape index (κ2) is 11.2. The van der Waals surface area contributed by atoms with Gasteiger partial charge in [-0.05, 0) is 55.8 Å². The first kappa shape index (κ1) is 23.8. The summed E-state index contributed by atoms with van der Waals surface area (Å²) in [5.74, 6) is 0.504. The van der Waals surface area contributed by atoms with Crippen molar-refractivity contribution >= 4 is 33.4 Å². The van der Waals surface area contributed by atoms with E-state index in [4.69, 9.17) is 4.52 Å². The fourth-order valence-electron chi connectivity index (χ4n) is 3.92. The van der Waals surface area contributed by atoms with Crippen LogP contribution in [0, 0.1) is 5.92 Å². The maximum Gasteiger partial charge on any atom is 0.253 e. The minimum atomic E-state index is -0.251. The van der Waals surface area contributed by atoms with Crippen molar-refractivity contribution in [3.05, 3.63) is 77.1 Å². The van der Waals surface area contributed by atoms with Crippen LogP contribution in [0.2, 0.25) is 0 Å². The minimum absolute atomic E-state index is 0.102. The number of rotatable bonds is 8. The molecule has 0 saturated carbocycles. The Bertz CT molecular complexity index is 1160. The van der Waals surface area contributed by atoms with Crippen molar-refractivity contribution in [3.63, 3.8) is 0 Å². The standard InChI is InChI=1S/C25H26BrN5O3/c1-2-13-27-25(33)20-7-3-4-8-21(20)28-24(32)18-6-5-14-31(15-18)16-22-29-23(30-34-22)17-9-11-19(26)12-10-17/h2-4,7-12,18H,1,5-6,13-16H2,(H,27,33)(H,28,32). The SMILES string of the molecule is C=CCNC(=O)c1ccccc1NC(=O)C1CCCN(Cc2nc(-c3ccc(Br)cc3)no2)C1. The summed E-state index contributed by atoms with van der Waals surface area (Å²) >= 11 is 3.42. The first-order valence-corrected chi connectivity index (χ1v) is 11.9. The van der Waals surface area contributed by atoms with Gasteiger partial charge < -0.3 is 15.2 Å². The summed E-state index contributed by atoms with van der Waals surface area (Å²) in [6.07, 6.45) is 3.27. The Kier molecular flexibility index (Phi) is 7.87. The number of carbonyl (C=O) groups excluding carboxylic acids is 2. The van der Waals surface area contributed by atoms with E-state index in [2.05, 4.69) is 48.2 Å². The zero-order chi connectivity index (χ0) is 23.9. The van der Waals surface area contributed by atoms with Gasteiger partial charge in [0, 0.05) is 23.1 Å². The first-order valence-electron chi connectivity index (χ1n) is 11.1. The van der Waals surface area contributed by atoms with Crippen LogP contribution >= 0.6 is 15.9 Å². The summed E-state index contributed by atoms with van der Waals surface area (Å²) < 4.78 is 6.44. The molecule has 3 aromatic rings. The molecule has 0 aliphatic carbocycles. The monoisotopic (exact) mass is 523 g/mol. The smallest absolute Gasteiger partial charge is 0.253 e. The molecule has 2 aromatic carbocycles. The van der Waals surface area contributed by atoms with E-state index in [-0.39, 0.29) is 17.7 Å². The molecule has 2 N–H and O–H groups in total. The fourth-order valence-corrected chi connectivity index (χ4v) is 4.19. The highest BCUT2D eigenvalue weighted by Gasteiger charge is 2.27. The predicted octanol–water partition coefficient (Wildman–Crippen LogP) is 4.27. The number of aromatic nitrogens is 2. The summed E-state index contributed by atoms with van der Waals surface area (Å²) in [6, 6.07) is 14.7. The molecule has 9 heteroatoms. The molecular formula is C25H26BrN5O3. The molecule has 2 amide bonds. The first-order chi connectivity index (χ1) is 16.5. The number of amides is 2. The van der Waals surface area contributed by atoms with Gasteiger partial charge in [0.25, 0.3) is 5.91 Å². The van der Waals surface area contributed by atoms with E-state index in [0.717, 1.165) is 29.4 Å². The molecule has 0 radical (unpaired) electrons. The molecule has 0 bridgehead atoms. The molecule has 1 saturated heterocycles. The lowest BCUT2D eigenvalue weighted by molar-refractivity contribution is -0.121. The highest BCUT2D eigenvalue weighted by atomic mass is 79.9. The molecule has 0 spiro atoms. The molecule has 1 atom stereocenters. The quantitative estimate of drug-likeness (QED) is 0.427. The van der Waals surface area contributed by atoms with E-state index in [9.17, 15) is 9.59 Å². The number of benzene rings is 2. The Balaban J connectivity index is 1.37. The van der Waals surface area contributed by atoms with Crippen LogP contribution in [0.15, 0.2) is 70.2 Å². The summed E-state index contributed by atoms with van der Waals surface area (Å²) in [5.41, 5.74) is 1.81. The second-order valence-corrected chi connectivity index (χ2v) is 9.04. The van der Waals surface area contributed by atoms with Crippen molar-refractivity contribution in [2.45, 2.75) is 19.4 Å². The van der Waals surface area contributed by atoms with Crippen molar-refractivity contribution in [3.8, 4) is 11.4 Å². The number of carbonyl (C=O) groups is 2. The van der Waals surface area contributed by atoms with Crippen molar-refractivity contribution in [1.29, 1.82) is 0 Å². The Morgan fingerprint density at radius 3 is 2.79 bits per heavy atom. The number of piperidine rings is 1. The maximum atomic E-state index is 13.0. The average Bonchev–Trinajstić information content (AvgIpc) is 3.32. The Labute approximate surface area is 206 Å². The van der Waals surface area contributed by atoms with Crippen molar-refractivity contribution in [2.24, 2.45) is 5.92 Å². The highest BCUT2D eigenvalue weighted by molar-refractivity contribution is 9.10. The minimum Gasteiger partial charge on any atom is -0.349 e. The predicted molar refractivity (Wildman–Crippen MR) is 133 cm³/mol. The average molecular weight is 524 g/mol.